The molecule has 0 aliphatic heterocycles. The Morgan fingerprint density at radius 3 is 2.56 bits per heavy atom. The molecule has 25 heavy (non-hydrogen) atoms. The summed E-state index contributed by atoms with van der Waals surface area (Å²) in [6.45, 7) is -0.663. The molecule has 2 rings (SSSR count). The van der Waals surface area contributed by atoms with Crippen LogP contribution in [0.5, 0.6) is 0 Å². The minimum atomic E-state index is -3.42. The first kappa shape index (κ1) is 18.9. The van der Waals surface area contributed by atoms with Gasteiger partial charge in [0.15, 0.2) is 16.4 Å². The molecule has 0 radical (unpaired) electrons. The summed E-state index contributed by atoms with van der Waals surface area (Å²) in [6, 6.07) is 9.01. The Hall–Kier alpha value is -2.45. The van der Waals surface area contributed by atoms with Crippen LogP contribution in [0.2, 0.25) is 5.02 Å². The first-order chi connectivity index (χ1) is 11.7. The molecule has 0 aliphatic carbocycles. The number of halogens is 2. The van der Waals surface area contributed by atoms with Crippen molar-refractivity contribution >= 4 is 39.0 Å². The van der Waals surface area contributed by atoms with Crippen molar-refractivity contribution in [2.75, 3.05) is 18.2 Å². The van der Waals surface area contributed by atoms with Gasteiger partial charge < -0.3 is 10.1 Å². The topological polar surface area (TPSA) is 89.5 Å². The number of hydrogen-bond acceptors (Lipinski definition) is 5. The molecule has 0 heterocycles. The summed E-state index contributed by atoms with van der Waals surface area (Å²) in [5.74, 6) is -2.58. The molecule has 2 aromatic rings. The number of esters is 1. The number of hydrogen-bond donors (Lipinski definition) is 1. The summed E-state index contributed by atoms with van der Waals surface area (Å²) in [5, 5.41) is 2.51. The maximum atomic E-state index is 13.6. The molecule has 0 saturated heterocycles. The van der Waals surface area contributed by atoms with Gasteiger partial charge in [0.05, 0.1) is 10.5 Å². The Morgan fingerprint density at radius 2 is 1.92 bits per heavy atom. The van der Waals surface area contributed by atoms with Gasteiger partial charge in [0.1, 0.15) is 5.82 Å². The lowest BCUT2D eigenvalue weighted by molar-refractivity contribution is -0.119. The van der Waals surface area contributed by atoms with Crippen LogP contribution in [0.3, 0.4) is 0 Å². The summed E-state index contributed by atoms with van der Waals surface area (Å²) in [7, 11) is -3.42. The Morgan fingerprint density at radius 1 is 1.20 bits per heavy atom. The predicted octanol–water partition coefficient (Wildman–Crippen LogP) is 2.68. The number of carbonyl (C=O) groups is 2. The fraction of sp³-hybridized carbons (Fsp3) is 0.125. The zero-order chi connectivity index (χ0) is 18.6. The summed E-state index contributed by atoms with van der Waals surface area (Å²) in [6.07, 6.45) is 1.04. The van der Waals surface area contributed by atoms with Crippen LogP contribution >= 0.6 is 11.6 Å². The van der Waals surface area contributed by atoms with E-state index in [2.05, 4.69) is 5.32 Å². The van der Waals surface area contributed by atoms with E-state index in [9.17, 15) is 22.4 Å². The van der Waals surface area contributed by atoms with Crippen LogP contribution in [0.1, 0.15) is 10.4 Å². The highest BCUT2D eigenvalue weighted by molar-refractivity contribution is 7.90. The zero-order valence-corrected chi connectivity index (χ0v) is 14.5. The lowest BCUT2D eigenvalue weighted by Crippen LogP contribution is -2.21. The standard InChI is InChI=1S/C16H13ClFNO5S/c1-25(22,23)12-4-2-3-11(8-12)19-15(20)9-24-16(21)13-6-5-10(17)7-14(13)18/h2-8H,9H2,1H3,(H,19,20). The SMILES string of the molecule is CS(=O)(=O)c1cccc(NC(=O)COC(=O)c2ccc(Cl)cc2F)c1. The molecule has 9 heteroatoms. The van der Waals surface area contributed by atoms with E-state index in [1.807, 2.05) is 0 Å². The molecule has 2 aromatic carbocycles. The van der Waals surface area contributed by atoms with Crippen LogP contribution < -0.4 is 5.32 Å². The van der Waals surface area contributed by atoms with Gasteiger partial charge in [-0.15, -0.1) is 0 Å². The summed E-state index contributed by atoms with van der Waals surface area (Å²) < 4.78 is 41.3. The normalized spacial score (nSPS) is 11.0. The van der Waals surface area contributed by atoms with E-state index in [0.717, 1.165) is 18.4 Å². The van der Waals surface area contributed by atoms with E-state index >= 15 is 0 Å². The number of amides is 1. The van der Waals surface area contributed by atoms with Crippen molar-refractivity contribution in [1.29, 1.82) is 0 Å². The summed E-state index contributed by atoms with van der Waals surface area (Å²) in [5.41, 5.74) is -0.127. The molecule has 0 aliphatic rings. The fourth-order valence-corrected chi connectivity index (χ4v) is 2.69. The van der Waals surface area contributed by atoms with Crippen LogP contribution in [0, 0.1) is 5.82 Å². The molecule has 0 aromatic heterocycles. The molecule has 132 valence electrons. The third kappa shape index (κ3) is 5.27. The highest BCUT2D eigenvalue weighted by atomic mass is 35.5. The van der Waals surface area contributed by atoms with Crippen LogP contribution in [-0.4, -0.2) is 33.2 Å². The third-order valence-corrected chi connectivity index (χ3v) is 4.38. The number of ether oxygens (including phenoxy) is 1. The van der Waals surface area contributed by atoms with E-state index < -0.39 is 34.1 Å². The Labute approximate surface area is 148 Å². The first-order valence-corrected chi connectivity index (χ1v) is 9.16. The molecule has 0 bridgehead atoms. The highest BCUT2D eigenvalue weighted by Crippen LogP contribution is 2.16. The second-order valence-electron chi connectivity index (χ2n) is 5.05. The van der Waals surface area contributed by atoms with E-state index in [1.165, 1.54) is 30.3 Å². The number of anilines is 1. The van der Waals surface area contributed by atoms with Crippen LogP contribution in [0.15, 0.2) is 47.4 Å². The van der Waals surface area contributed by atoms with Crippen molar-refractivity contribution in [3.63, 3.8) is 0 Å². The van der Waals surface area contributed by atoms with Gasteiger partial charge in [0.25, 0.3) is 5.91 Å². The van der Waals surface area contributed by atoms with E-state index in [0.29, 0.717) is 0 Å². The molecule has 0 atom stereocenters. The minimum Gasteiger partial charge on any atom is -0.452 e. The molecule has 1 amide bonds. The summed E-state index contributed by atoms with van der Waals surface area (Å²) >= 11 is 5.59. The lowest BCUT2D eigenvalue weighted by Gasteiger charge is -2.08. The van der Waals surface area contributed by atoms with Gasteiger partial charge in [0.2, 0.25) is 0 Å². The minimum absolute atomic E-state index is 0.0329. The number of nitrogens with one attached hydrogen (secondary N) is 1. The predicted molar refractivity (Wildman–Crippen MR) is 89.9 cm³/mol. The number of rotatable bonds is 5. The number of carbonyl (C=O) groups excluding carboxylic acids is 2. The van der Waals surface area contributed by atoms with Crippen molar-refractivity contribution in [1.82, 2.24) is 0 Å². The molecule has 0 spiro atoms. The molecule has 1 N–H and O–H groups in total. The molecule has 0 fully saturated rings. The fourth-order valence-electron chi connectivity index (χ4n) is 1.87. The van der Waals surface area contributed by atoms with Crippen LogP contribution in [-0.2, 0) is 19.4 Å². The van der Waals surface area contributed by atoms with Gasteiger partial charge in [-0.1, -0.05) is 17.7 Å². The van der Waals surface area contributed by atoms with Gasteiger partial charge in [-0.25, -0.2) is 17.6 Å². The van der Waals surface area contributed by atoms with Gasteiger partial charge in [-0.2, -0.15) is 0 Å². The average molecular weight is 386 g/mol. The summed E-state index contributed by atoms with van der Waals surface area (Å²) in [4.78, 5) is 23.6. The average Bonchev–Trinajstić information content (AvgIpc) is 2.52. The van der Waals surface area contributed by atoms with Crippen molar-refractivity contribution in [3.05, 3.63) is 58.9 Å². The lowest BCUT2D eigenvalue weighted by atomic mass is 10.2. The van der Waals surface area contributed by atoms with E-state index in [1.54, 1.807) is 0 Å². The second kappa shape index (κ2) is 7.62. The van der Waals surface area contributed by atoms with Gasteiger partial charge >= 0.3 is 5.97 Å². The largest absolute Gasteiger partial charge is 0.452 e. The van der Waals surface area contributed by atoms with Gasteiger partial charge in [-0.05, 0) is 36.4 Å². The van der Waals surface area contributed by atoms with Crippen LogP contribution in [0.4, 0.5) is 10.1 Å². The molecular formula is C16H13ClFNO5S. The maximum Gasteiger partial charge on any atom is 0.341 e. The van der Waals surface area contributed by atoms with Gasteiger partial charge in [-0.3, -0.25) is 4.79 Å². The Kier molecular flexibility index (Phi) is 5.76. The van der Waals surface area contributed by atoms with Gasteiger partial charge in [0, 0.05) is 17.0 Å². The van der Waals surface area contributed by atoms with E-state index in [4.69, 9.17) is 16.3 Å². The highest BCUT2D eigenvalue weighted by Gasteiger charge is 2.15. The Bertz CT molecular complexity index is 930. The second-order valence-corrected chi connectivity index (χ2v) is 7.50. The van der Waals surface area contributed by atoms with Crippen molar-refractivity contribution < 1.29 is 27.1 Å². The van der Waals surface area contributed by atoms with Crippen molar-refractivity contribution in [3.8, 4) is 0 Å². The molecule has 0 unspecified atom stereocenters. The third-order valence-electron chi connectivity index (χ3n) is 3.03. The number of sulfone groups is 1. The zero-order valence-electron chi connectivity index (χ0n) is 13.0. The van der Waals surface area contributed by atoms with Crippen molar-refractivity contribution in [2.24, 2.45) is 0 Å². The first-order valence-electron chi connectivity index (χ1n) is 6.89. The number of benzene rings is 2. The molecule has 0 saturated carbocycles. The van der Waals surface area contributed by atoms with Crippen LogP contribution in [0.25, 0.3) is 0 Å². The Balaban J connectivity index is 1.98. The van der Waals surface area contributed by atoms with Crippen molar-refractivity contribution in [2.45, 2.75) is 4.90 Å². The maximum absolute atomic E-state index is 13.6. The van der Waals surface area contributed by atoms with E-state index in [-0.39, 0.29) is 21.2 Å². The monoisotopic (exact) mass is 385 g/mol. The molecular weight excluding hydrogens is 373 g/mol. The molecule has 6 nitrogen and oxygen atoms in total. The quantitative estimate of drug-likeness (QED) is 0.799. The smallest absolute Gasteiger partial charge is 0.341 e.